The SMILES string of the molecule is COc1ccccc1N1CCN(CCN2C=CC3=CCCCC32)CC1. The number of para-hydroxylation sites is 2. The van der Waals surface area contributed by atoms with E-state index in [2.05, 4.69) is 51.3 Å². The second-order valence-corrected chi connectivity index (χ2v) is 7.20. The second kappa shape index (κ2) is 7.52. The molecule has 0 saturated carbocycles. The molecule has 4 heteroatoms. The number of fused-ring (bicyclic) bond motifs is 1. The fraction of sp³-hybridized carbons (Fsp3) is 0.524. The molecular weight excluding hydrogens is 310 g/mol. The molecule has 1 fully saturated rings. The molecule has 1 aliphatic carbocycles. The monoisotopic (exact) mass is 339 g/mol. The molecule has 2 heterocycles. The number of piperazine rings is 1. The van der Waals surface area contributed by atoms with Crippen LogP contribution in [0.4, 0.5) is 5.69 Å². The van der Waals surface area contributed by atoms with E-state index < -0.39 is 0 Å². The molecule has 3 aliphatic rings. The van der Waals surface area contributed by atoms with Crippen LogP contribution in [0, 0.1) is 0 Å². The van der Waals surface area contributed by atoms with Gasteiger partial charge in [0.15, 0.2) is 0 Å². The first-order valence-electron chi connectivity index (χ1n) is 9.59. The van der Waals surface area contributed by atoms with Gasteiger partial charge in [-0.05, 0) is 43.0 Å². The Balaban J connectivity index is 1.27. The second-order valence-electron chi connectivity index (χ2n) is 7.20. The summed E-state index contributed by atoms with van der Waals surface area (Å²) in [6.07, 6.45) is 11.0. The number of benzene rings is 1. The number of rotatable bonds is 5. The van der Waals surface area contributed by atoms with Crippen LogP contribution in [0.1, 0.15) is 19.3 Å². The molecule has 0 N–H and O–H groups in total. The number of methoxy groups -OCH3 is 1. The van der Waals surface area contributed by atoms with Gasteiger partial charge >= 0.3 is 0 Å². The van der Waals surface area contributed by atoms with E-state index in [1.54, 1.807) is 12.7 Å². The van der Waals surface area contributed by atoms with E-state index in [9.17, 15) is 0 Å². The maximum absolute atomic E-state index is 5.52. The Kier molecular flexibility index (Phi) is 4.97. The largest absolute Gasteiger partial charge is 0.495 e. The minimum Gasteiger partial charge on any atom is -0.495 e. The Morgan fingerprint density at radius 3 is 2.76 bits per heavy atom. The van der Waals surface area contributed by atoms with Gasteiger partial charge in [0, 0.05) is 45.5 Å². The van der Waals surface area contributed by atoms with Crippen molar-refractivity contribution in [2.24, 2.45) is 0 Å². The molecule has 0 aromatic heterocycles. The lowest BCUT2D eigenvalue weighted by Crippen LogP contribution is -2.48. The Morgan fingerprint density at radius 2 is 1.92 bits per heavy atom. The van der Waals surface area contributed by atoms with Crippen molar-refractivity contribution in [3.05, 3.63) is 48.2 Å². The fourth-order valence-corrected chi connectivity index (χ4v) is 4.30. The Bertz CT molecular complexity index is 646. The summed E-state index contributed by atoms with van der Waals surface area (Å²) in [5, 5.41) is 0. The number of ether oxygens (including phenoxy) is 1. The highest BCUT2D eigenvalue weighted by molar-refractivity contribution is 5.58. The maximum Gasteiger partial charge on any atom is 0.142 e. The Labute approximate surface area is 151 Å². The van der Waals surface area contributed by atoms with Crippen LogP contribution in [0.25, 0.3) is 0 Å². The van der Waals surface area contributed by atoms with Gasteiger partial charge in [-0.1, -0.05) is 18.2 Å². The van der Waals surface area contributed by atoms with E-state index in [4.69, 9.17) is 4.74 Å². The molecule has 1 saturated heterocycles. The summed E-state index contributed by atoms with van der Waals surface area (Å²) in [4.78, 5) is 7.61. The van der Waals surface area contributed by atoms with E-state index in [0.29, 0.717) is 6.04 Å². The third-order valence-electron chi connectivity index (χ3n) is 5.78. The van der Waals surface area contributed by atoms with Crippen LogP contribution in [0.2, 0.25) is 0 Å². The van der Waals surface area contributed by atoms with Gasteiger partial charge in [-0.3, -0.25) is 4.90 Å². The van der Waals surface area contributed by atoms with Gasteiger partial charge in [-0.25, -0.2) is 0 Å². The van der Waals surface area contributed by atoms with Crippen LogP contribution in [0.15, 0.2) is 48.2 Å². The predicted molar refractivity (Wildman–Crippen MR) is 103 cm³/mol. The fourth-order valence-electron chi connectivity index (χ4n) is 4.30. The standard InChI is InChI=1S/C21H29N3O/c1-25-21-9-5-4-8-20(21)24-16-13-22(14-17-24)12-15-23-11-10-18-6-2-3-7-19(18)23/h4-6,8-11,19H,2-3,7,12-17H2,1H3. The maximum atomic E-state index is 5.52. The first kappa shape index (κ1) is 16.5. The van der Waals surface area contributed by atoms with Crippen LogP contribution >= 0.6 is 0 Å². The van der Waals surface area contributed by atoms with E-state index in [1.165, 1.54) is 24.9 Å². The molecule has 25 heavy (non-hydrogen) atoms. The quantitative estimate of drug-likeness (QED) is 0.820. The van der Waals surface area contributed by atoms with E-state index in [0.717, 1.165) is 45.0 Å². The Morgan fingerprint density at radius 1 is 1.08 bits per heavy atom. The molecule has 2 aliphatic heterocycles. The molecule has 0 bridgehead atoms. The lowest BCUT2D eigenvalue weighted by molar-refractivity contribution is 0.210. The molecule has 1 unspecified atom stereocenters. The van der Waals surface area contributed by atoms with Gasteiger partial charge < -0.3 is 14.5 Å². The van der Waals surface area contributed by atoms with Crippen LogP contribution < -0.4 is 9.64 Å². The lowest BCUT2D eigenvalue weighted by Gasteiger charge is -2.38. The first-order chi connectivity index (χ1) is 12.3. The van der Waals surface area contributed by atoms with Gasteiger partial charge in [0.1, 0.15) is 5.75 Å². The summed E-state index contributed by atoms with van der Waals surface area (Å²) in [7, 11) is 1.76. The number of hydrogen-bond acceptors (Lipinski definition) is 4. The van der Waals surface area contributed by atoms with Crippen LogP contribution in [0.3, 0.4) is 0 Å². The highest BCUT2D eigenvalue weighted by atomic mass is 16.5. The highest BCUT2D eigenvalue weighted by Crippen LogP contribution is 2.30. The molecule has 0 amide bonds. The first-order valence-corrected chi connectivity index (χ1v) is 9.59. The molecule has 1 aromatic rings. The molecule has 0 spiro atoms. The van der Waals surface area contributed by atoms with Crippen molar-refractivity contribution in [3.8, 4) is 5.75 Å². The van der Waals surface area contributed by atoms with Gasteiger partial charge in [0.2, 0.25) is 0 Å². The number of nitrogens with zero attached hydrogens (tertiary/aromatic N) is 3. The van der Waals surface area contributed by atoms with Crippen molar-refractivity contribution in [1.29, 1.82) is 0 Å². The topological polar surface area (TPSA) is 19.0 Å². The van der Waals surface area contributed by atoms with E-state index in [-0.39, 0.29) is 0 Å². The molecule has 4 nitrogen and oxygen atoms in total. The van der Waals surface area contributed by atoms with E-state index >= 15 is 0 Å². The minimum atomic E-state index is 0.656. The van der Waals surface area contributed by atoms with Crippen molar-refractivity contribution < 1.29 is 4.74 Å². The molecule has 4 rings (SSSR count). The van der Waals surface area contributed by atoms with Crippen molar-refractivity contribution in [2.75, 3.05) is 51.3 Å². The lowest BCUT2D eigenvalue weighted by atomic mass is 9.95. The van der Waals surface area contributed by atoms with Crippen LogP contribution in [-0.2, 0) is 0 Å². The predicted octanol–water partition coefficient (Wildman–Crippen LogP) is 3.13. The van der Waals surface area contributed by atoms with Crippen molar-refractivity contribution in [3.63, 3.8) is 0 Å². The zero-order chi connectivity index (χ0) is 17.1. The zero-order valence-electron chi connectivity index (χ0n) is 15.2. The van der Waals surface area contributed by atoms with Crippen molar-refractivity contribution in [2.45, 2.75) is 25.3 Å². The summed E-state index contributed by atoms with van der Waals surface area (Å²) in [6, 6.07) is 9.01. The van der Waals surface area contributed by atoms with E-state index in [1.807, 2.05) is 6.07 Å². The van der Waals surface area contributed by atoms with Crippen molar-refractivity contribution >= 4 is 5.69 Å². The summed E-state index contributed by atoms with van der Waals surface area (Å²) in [5.74, 6) is 0.981. The third-order valence-corrected chi connectivity index (χ3v) is 5.78. The molecule has 134 valence electrons. The third kappa shape index (κ3) is 3.54. The summed E-state index contributed by atoms with van der Waals surface area (Å²) in [5.41, 5.74) is 2.77. The van der Waals surface area contributed by atoms with Gasteiger partial charge in [0.05, 0.1) is 18.8 Å². The molecule has 1 atom stereocenters. The number of anilines is 1. The molecule has 1 aromatic carbocycles. The molecular formula is C21H29N3O. The van der Waals surface area contributed by atoms with Gasteiger partial charge in [-0.2, -0.15) is 0 Å². The summed E-state index contributed by atoms with van der Waals surface area (Å²) >= 11 is 0. The number of allylic oxidation sites excluding steroid dienone is 1. The Hall–Kier alpha value is -1.94. The average molecular weight is 339 g/mol. The summed E-state index contributed by atoms with van der Waals surface area (Å²) < 4.78 is 5.52. The van der Waals surface area contributed by atoms with Crippen molar-refractivity contribution in [1.82, 2.24) is 9.80 Å². The van der Waals surface area contributed by atoms with Gasteiger partial charge in [-0.15, -0.1) is 0 Å². The normalized spacial score (nSPS) is 23.6. The van der Waals surface area contributed by atoms with Crippen LogP contribution in [-0.4, -0.2) is 62.2 Å². The van der Waals surface area contributed by atoms with Crippen LogP contribution in [0.5, 0.6) is 5.75 Å². The smallest absolute Gasteiger partial charge is 0.142 e. The minimum absolute atomic E-state index is 0.656. The van der Waals surface area contributed by atoms with Gasteiger partial charge in [0.25, 0.3) is 0 Å². The highest BCUT2D eigenvalue weighted by Gasteiger charge is 2.26. The number of hydrogen-bond donors (Lipinski definition) is 0. The average Bonchev–Trinajstić information content (AvgIpc) is 3.10. The molecule has 0 radical (unpaired) electrons. The zero-order valence-corrected chi connectivity index (χ0v) is 15.2. The summed E-state index contributed by atoms with van der Waals surface area (Å²) in [6.45, 7) is 6.71.